The Kier molecular flexibility index (Phi) is 4.01. The number of nitrogens with one attached hydrogen (secondary N) is 1. The van der Waals surface area contributed by atoms with Crippen LogP contribution in [0.3, 0.4) is 0 Å². The van der Waals surface area contributed by atoms with Gasteiger partial charge in [-0.25, -0.2) is 0 Å². The SMILES string of the molecule is Nc1nnc(CNC(=O)c2ccc(N3CCCC3)cc2)s1. The van der Waals surface area contributed by atoms with Gasteiger partial charge in [0.2, 0.25) is 5.13 Å². The Balaban J connectivity index is 1.59. The number of rotatable bonds is 4. The summed E-state index contributed by atoms with van der Waals surface area (Å²) in [6.45, 7) is 2.55. The minimum absolute atomic E-state index is 0.114. The van der Waals surface area contributed by atoms with Crippen molar-refractivity contribution < 1.29 is 4.79 Å². The molecule has 0 saturated carbocycles. The first-order chi connectivity index (χ1) is 10.2. The number of carbonyl (C=O) groups is 1. The fraction of sp³-hybridized carbons (Fsp3) is 0.357. The maximum absolute atomic E-state index is 12.1. The van der Waals surface area contributed by atoms with E-state index in [0.29, 0.717) is 22.2 Å². The number of anilines is 2. The summed E-state index contributed by atoms with van der Waals surface area (Å²) in [7, 11) is 0. The number of nitrogen functional groups attached to an aromatic ring is 1. The van der Waals surface area contributed by atoms with Crippen molar-refractivity contribution in [2.24, 2.45) is 0 Å². The number of nitrogens with zero attached hydrogens (tertiary/aromatic N) is 3. The largest absolute Gasteiger partial charge is 0.374 e. The summed E-state index contributed by atoms with van der Waals surface area (Å²) >= 11 is 1.28. The van der Waals surface area contributed by atoms with E-state index >= 15 is 0 Å². The molecule has 7 heteroatoms. The number of hydrogen-bond acceptors (Lipinski definition) is 6. The number of nitrogens with two attached hydrogens (primary N) is 1. The molecule has 3 N–H and O–H groups in total. The standard InChI is InChI=1S/C14H17N5OS/c15-14-18-17-12(21-14)9-16-13(20)10-3-5-11(6-4-10)19-7-1-2-8-19/h3-6H,1-2,7-9H2,(H2,15,18)(H,16,20). The van der Waals surface area contributed by atoms with E-state index in [9.17, 15) is 4.79 Å². The van der Waals surface area contributed by atoms with Crippen LogP contribution in [-0.4, -0.2) is 29.2 Å². The van der Waals surface area contributed by atoms with Crippen molar-refractivity contribution >= 4 is 28.1 Å². The van der Waals surface area contributed by atoms with Crippen LogP contribution < -0.4 is 16.0 Å². The first-order valence-corrected chi connectivity index (χ1v) is 7.75. The summed E-state index contributed by atoms with van der Waals surface area (Å²) < 4.78 is 0. The maximum Gasteiger partial charge on any atom is 0.251 e. The van der Waals surface area contributed by atoms with Gasteiger partial charge in [-0.1, -0.05) is 11.3 Å². The quantitative estimate of drug-likeness (QED) is 0.897. The first-order valence-electron chi connectivity index (χ1n) is 6.93. The number of amides is 1. The number of aromatic nitrogens is 2. The molecule has 21 heavy (non-hydrogen) atoms. The van der Waals surface area contributed by atoms with Gasteiger partial charge in [0.15, 0.2) is 0 Å². The van der Waals surface area contributed by atoms with Crippen LogP contribution in [0.2, 0.25) is 0 Å². The van der Waals surface area contributed by atoms with Crippen LogP contribution in [0, 0.1) is 0 Å². The zero-order valence-electron chi connectivity index (χ0n) is 11.6. The molecule has 0 radical (unpaired) electrons. The fourth-order valence-corrected chi connectivity index (χ4v) is 2.94. The second-order valence-corrected chi connectivity index (χ2v) is 6.05. The Labute approximate surface area is 127 Å². The molecular weight excluding hydrogens is 286 g/mol. The van der Waals surface area contributed by atoms with E-state index in [1.165, 1.54) is 29.9 Å². The zero-order chi connectivity index (χ0) is 14.7. The molecule has 6 nitrogen and oxygen atoms in total. The van der Waals surface area contributed by atoms with Crippen LogP contribution in [0.25, 0.3) is 0 Å². The molecule has 1 aromatic carbocycles. The van der Waals surface area contributed by atoms with Gasteiger partial charge in [0.25, 0.3) is 5.91 Å². The van der Waals surface area contributed by atoms with E-state index in [2.05, 4.69) is 20.4 Å². The van der Waals surface area contributed by atoms with Gasteiger partial charge in [0, 0.05) is 24.3 Å². The summed E-state index contributed by atoms with van der Waals surface area (Å²) in [4.78, 5) is 14.4. The lowest BCUT2D eigenvalue weighted by Crippen LogP contribution is -2.23. The summed E-state index contributed by atoms with van der Waals surface area (Å²) in [6, 6.07) is 7.72. The van der Waals surface area contributed by atoms with Crippen LogP contribution in [-0.2, 0) is 6.54 Å². The third-order valence-electron chi connectivity index (χ3n) is 3.48. The van der Waals surface area contributed by atoms with Crippen LogP contribution in [0.15, 0.2) is 24.3 Å². The predicted molar refractivity (Wildman–Crippen MR) is 83.4 cm³/mol. The van der Waals surface area contributed by atoms with Crippen molar-refractivity contribution in [3.05, 3.63) is 34.8 Å². The summed E-state index contributed by atoms with van der Waals surface area (Å²) in [5, 5.41) is 11.5. The minimum Gasteiger partial charge on any atom is -0.374 e. The van der Waals surface area contributed by atoms with E-state index in [0.717, 1.165) is 13.1 Å². The molecule has 0 unspecified atom stereocenters. The molecule has 2 aromatic rings. The van der Waals surface area contributed by atoms with Crippen molar-refractivity contribution in [2.45, 2.75) is 19.4 Å². The molecular formula is C14H17N5OS. The molecule has 2 heterocycles. The molecule has 0 aliphatic carbocycles. The van der Waals surface area contributed by atoms with Gasteiger partial charge in [-0.15, -0.1) is 10.2 Å². The van der Waals surface area contributed by atoms with Crippen molar-refractivity contribution in [3.8, 4) is 0 Å². The molecule has 1 fully saturated rings. The van der Waals surface area contributed by atoms with E-state index in [1.807, 2.05) is 24.3 Å². The third-order valence-corrected chi connectivity index (χ3v) is 4.24. The number of carbonyl (C=O) groups excluding carboxylic acids is 1. The minimum atomic E-state index is -0.114. The van der Waals surface area contributed by atoms with Gasteiger partial charge in [0.05, 0.1) is 6.54 Å². The third kappa shape index (κ3) is 3.30. The Morgan fingerprint density at radius 1 is 1.24 bits per heavy atom. The van der Waals surface area contributed by atoms with Crippen molar-refractivity contribution in [1.29, 1.82) is 0 Å². The average molecular weight is 303 g/mol. The van der Waals surface area contributed by atoms with E-state index in [4.69, 9.17) is 5.73 Å². The molecule has 1 saturated heterocycles. The highest BCUT2D eigenvalue weighted by Crippen LogP contribution is 2.20. The lowest BCUT2D eigenvalue weighted by Gasteiger charge is -2.17. The van der Waals surface area contributed by atoms with Crippen molar-refractivity contribution in [2.75, 3.05) is 23.7 Å². The van der Waals surface area contributed by atoms with E-state index < -0.39 is 0 Å². The van der Waals surface area contributed by atoms with Crippen molar-refractivity contribution in [3.63, 3.8) is 0 Å². The highest BCUT2D eigenvalue weighted by molar-refractivity contribution is 7.15. The fourth-order valence-electron chi connectivity index (χ4n) is 2.39. The highest BCUT2D eigenvalue weighted by Gasteiger charge is 2.13. The second kappa shape index (κ2) is 6.09. The second-order valence-electron chi connectivity index (χ2n) is 4.96. The predicted octanol–water partition coefficient (Wildman–Crippen LogP) is 1.65. The molecule has 0 spiro atoms. The lowest BCUT2D eigenvalue weighted by atomic mass is 10.2. The van der Waals surface area contributed by atoms with Gasteiger partial charge in [-0.05, 0) is 37.1 Å². The summed E-state index contributed by atoms with van der Waals surface area (Å²) in [5.41, 5.74) is 7.33. The summed E-state index contributed by atoms with van der Waals surface area (Å²) in [5.74, 6) is -0.114. The average Bonchev–Trinajstić information content (AvgIpc) is 3.16. The molecule has 1 amide bonds. The van der Waals surface area contributed by atoms with Crippen LogP contribution in [0.5, 0.6) is 0 Å². The molecule has 3 rings (SSSR count). The zero-order valence-corrected chi connectivity index (χ0v) is 12.4. The van der Waals surface area contributed by atoms with Gasteiger partial charge in [0.1, 0.15) is 5.01 Å². The normalized spacial score (nSPS) is 14.4. The van der Waals surface area contributed by atoms with E-state index in [1.54, 1.807) is 0 Å². The van der Waals surface area contributed by atoms with E-state index in [-0.39, 0.29) is 5.91 Å². The maximum atomic E-state index is 12.1. The first kappa shape index (κ1) is 13.8. The number of hydrogen-bond donors (Lipinski definition) is 2. The smallest absolute Gasteiger partial charge is 0.251 e. The molecule has 110 valence electrons. The molecule has 1 aromatic heterocycles. The van der Waals surface area contributed by atoms with Crippen LogP contribution in [0.4, 0.5) is 10.8 Å². The monoisotopic (exact) mass is 303 g/mol. The number of benzene rings is 1. The Hall–Kier alpha value is -2.15. The highest BCUT2D eigenvalue weighted by atomic mass is 32.1. The Morgan fingerprint density at radius 2 is 1.95 bits per heavy atom. The Bertz CT molecular complexity index is 619. The van der Waals surface area contributed by atoms with Gasteiger partial charge >= 0.3 is 0 Å². The molecule has 1 aliphatic rings. The topological polar surface area (TPSA) is 84.1 Å². The molecule has 0 atom stereocenters. The summed E-state index contributed by atoms with van der Waals surface area (Å²) in [6.07, 6.45) is 2.49. The van der Waals surface area contributed by atoms with Gasteiger partial charge in [-0.3, -0.25) is 4.79 Å². The lowest BCUT2D eigenvalue weighted by molar-refractivity contribution is 0.0951. The van der Waals surface area contributed by atoms with Gasteiger partial charge in [-0.2, -0.15) is 0 Å². The Morgan fingerprint density at radius 3 is 2.57 bits per heavy atom. The van der Waals surface area contributed by atoms with Crippen LogP contribution >= 0.6 is 11.3 Å². The van der Waals surface area contributed by atoms with Crippen LogP contribution in [0.1, 0.15) is 28.2 Å². The van der Waals surface area contributed by atoms with Gasteiger partial charge < -0.3 is 16.0 Å². The molecule has 0 bridgehead atoms. The van der Waals surface area contributed by atoms with Crippen molar-refractivity contribution in [1.82, 2.24) is 15.5 Å². The molecule has 1 aliphatic heterocycles.